The van der Waals surface area contributed by atoms with Crippen molar-refractivity contribution < 1.29 is 23.7 Å². The van der Waals surface area contributed by atoms with Crippen molar-refractivity contribution in [2.75, 3.05) is 33.3 Å². The van der Waals surface area contributed by atoms with E-state index in [2.05, 4.69) is 5.32 Å². The number of para-hydroxylation sites is 1. The Kier molecular flexibility index (Phi) is 5.68. The number of rotatable bonds is 7. The summed E-state index contributed by atoms with van der Waals surface area (Å²) >= 11 is 0. The quantitative estimate of drug-likeness (QED) is 0.850. The maximum Gasteiger partial charge on any atom is 0.262 e. The normalized spacial score (nSPS) is 9.87. The van der Waals surface area contributed by atoms with Gasteiger partial charge in [-0.2, -0.15) is 0 Å². The zero-order valence-electron chi connectivity index (χ0n) is 13.3. The van der Waals surface area contributed by atoms with Gasteiger partial charge in [0.1, 0.15) is 28.7 Å². The van der Waals surface area contributed by atoms with Crippen LogP contribution in [-0.2, 0) is 4.79 Å². The maximum absolute atomic E-state index is 12.1. The summed E-state index contributed by atoms with van der Waals surface area (Å²) in [6, 6.07) is 12.4. The lowest BCUT2D eigenvalue weighted by atomic mass is 10.2. The Morgan fingerprint density at radius 1 is 0.913 bits per heavy atom. The number of hydrogen-bond donors (Lipinski definition) is 1. The van der Waals surface area contributed by atoms with Crippen molar-refractivity contribution in [2.45, 2.75) is 0 Å². The molecule has 0 aliphatic heterocycles. The summed E-state index contributed by atoms with van der Waals surface area (Å²) in [5, 5.41) is 2.73. The van der Waals surface area contributed by atoms with Crippen LogP contribution < -0.4 is 24.3 Å². The van der Waals surface area contributed by atoms with Crippen LogP contribution in [0.3, 0.4) is 0 Å². The monoisotopic (exact) mass is 317 g/mol. The summed E-state index contributed by atoms with van der Waals surface area (Å²) in [4.78, 5) is 12.1. The predicted molar refractivity (Wildman–Crippen MR) is 86.7 cm³/mol. The van der Waals surface area contributed by atoms with Gasteiger partial charge in [-0.05, 0) is 12.1 Å². The summed E-state index contributed by atoms with van der Waals surface area (Å²) in [7, 11) is 4.55. The number of hydrogen-bond acceptors (Lipinski definition) is 5. The van der Waals surface area contributed by atoms with Crippen molar-refractivity contribution in [3.63, 3.8) is 0 Å². The first kappa shape index (κ1) is 16.5. The van der Waals surface area contributed by atoms with Gasteiger partial charge in [-0.3, -0.25) is 4.79 Å². The first-order valence-corrected chi connectivity index (χ1v) is 6.95. The molecule has 6 nitrogen and oxygen atoms in total. The largest absolute Gasteiger partial charge is 0.496 e. The molecule has 122 valence electrons. The molecule has 2 aromatic carbocycles. The maximum atomic E-state index is 12.1. The third-order valence-electron chi connectivity index (χ3n) is 3.09. The van der Waals surface area contributed by atoms with E-state index in [0.29, 0.717) is 28.7 Å². The van der Waals surface area contributed by atoms with Crippen molar-refractivity contribution >= 4 is 11.6 Å². The molecule has 0 aliphatic carbocycles. The first-order chi connectivity index (χ1) is 11.2. The second-order valence-electron chi connectivity index (χ2n) is 4.56. The minimum absolute atomic E-state index is 0.123. The van der Waals surface area contributed by atoms with E-state index < -0.39 is 0 Å². The van der Waals surface area contributed by atoms with Gasteiger partial charge in [-0.25, -0.2) is 0 Å². The molecule has 0 saturated carbocycles. The minimum Gasteiger partial charge on any atom is -0.496 e. The fraction of sp³-hybridized carbons (Fsp3) is 0.235. The average molecular weight is 317 g/mol. The van der Waals surface area contributed by atoms with Gasteiger partial charge >= 0.3 is 0 Å². The van der Waals surface area contributed by atoms with Crippen LogP contribution >= 0.6 is 0 Å². The molecule has 1 amide bonds. The van der Waals surface area contributed by atoms with Crippen LogP contribution in [0.25, 0.3) is 0 Å². The molecule has 0 unspecified atom stereocenters. The number of methoxy groups -OCH3 is 3. The SMILES string of the molecule is COc1cc(OC)c(NC(=O)COc2ccccc2)c(OC)c1. The highest BCUT2D eigenvalue weighted by Gasteiger charge is 2.16. The second kappa shape index (κ2) is 7.93. The zero-order valence-corrected chi connectivity index (χ0v) is 13.3. The summed E-state index contributed by atoms with van der Waals surface area (Å²) in [6.45, 7) is -0.123. The van der Waals surface area contributed by atoms with Crippen molar-refractivity contribution in [3.05, 3.63) is 42.5 Å². The van der Waals surface area contributed by atoms with E-state index in [0.717, 1.165) is 0 Å². The molecule has 0 heterocycles. The topological polar surface area (TPSA) is 66.0 Å². The second-order valence-corrected chi connectivity index (χ2v) is 4.56. The van der Waals surface area contributed by atoms with Gasteiger partial charge in [-0.15, -0.1) is 0 Å². The van der Waals surface area contributed by atoms with Crippen LogP contribution in [0.15, 0.2) is 42.5 Å². The average Bonchev–Trinajstić information content (AvgIpc) is 2.60. The number of benzene rings is 2. The van der Waals surface area contributed by atoms with E-state index in [-0.39, 0.29) is 12.5 Å². The third-order valence-corrected chi connectivity index (χ3v) is 3.09. The lowest BCUT2D eigenvalue weighted by Gasteiger charge is -2.16. The molecule has 0 radical (unpaired) electrons. The first-order valence-electron chi connectivity index (χ1n) is 6.95. The predicted octanol–water partition coefficient (Wildman–Crippen LogP) is 2.73. The van der Waals surface area contributed by atoms with Crippen LogP contribution in [0.2, 0.25) is 0 Å². The van der Waals surface area contributed by atoms with Crippen LogP contribution in [0.4, 0.5) is 5.69 Å². The molecule has 1 N–H and O–H groups in total. The van der Waals surface area contributed by atoms with E-state index >= 15 is 0 Å². The number of nitrogens with one attached hydrogen (secondary N) is 1. The fourth-order valence-corrected chi connectivity index (χ4v) is 1.97. The highest BCUT2D eigenvalue weighted by molar-refractivity contribution is 5.95. The Morgan fingerprint density at radius 3 is 2.04 bits per heavy atom. The number of ether oxygens (including phenoxy) is 4. The molecular formula is C17H19NO5. The number of carbonyl (C=O) groups is 1. The molecule has 23 heavy (non-hydrogen) atoms. The van der Waals surface area contributed by atoms with Gasteiger partial charge in [0, 0.05) is 12.1 Å². The number of anilines is 1. The van der Waals surface area contributed by atoms with Gasteiger partial charge < -0.3 is 24.3 Å². The minimum atomic E-state index is -0.324. The molecule has 0 atom stereocenters. The van der Waals surface area contributed by atoms with Crippen LogP contribution in [0, 0.1) is 0 Å². The van der Waals surface area contributed by atoms with Crippen molar-refractivity contribution in [1.29, 1.82) is 0 Å². The van der Waals surface area contributed by atoms with Crippen molar-refractivity contribution in [3.8, 4) is 23.0 Å². The van der Waals surface area contributed by atoms with E-state index in [9.17, 15) is 4.79 Å². The molecular weight excluding hydrogens is 298 g/mol. The van der Waals surface area contributed by atoms with E-state index in [1.165, 1.54) is 14.2 Å². The van der Waals surface area contributed by atoms with E-state index in [1.807, 2.05) is 18.2 Å². The molecule has 0 aliphatic rings. The smallest absolute Gasteiger partial charge is 0.262 e. The third kappa shape index (κ3) is 4.29. The van der Waals surface area contributed by atoms with Gasteiger partial charge in [0.15, 0.2) is 6.61 Å². The van der Waals surface area contributed by atoms with Crippen LogP contribution in [-0.4, -0.2) is 33.8 Å². The van der Waals surface area contributed by atoms with Crippen LogP contribution in [0.1, 0.15) is 0 Å². The van der Waals surface area contributed by atoms with Crippen molar-refractivity contribution in [1.82, 2.24) is 0 Å². The van der Waals surface area contributed by atoms with Gasteiger partial charge in [-0.1, -0.05) is 18.2 Å². The van der Waals surface area contributed by atoms with Gasteiger partial charge in [0.25, 0.3) is 5.91 Å². The Morgan fingerprint density at radius 2 is 1.52 bits per heavy atom. The molecule has 6 heteroatoms. The number of carbonyl (C=O) groups excluding carboxylic acids is 1. The summed E-state index contributed by atoms with van der Waals surface area (Å²) in [5.74, 6) is 1.74. The van der Waals surface area contributed by atoms with Gasteiger partial charge in [0.05, 0.1) is 21.3 Å². The molecule has 0 fully saturated rings. The molecule has 0 bridgehead atoms. The molecule has 0 spiro atoms. The molecule has 0 aromatic heterocycles. The lowest BCUT2D eigenvalue weighted by Crippen LogP contribution is -2.21. The zero-order chi connectivity index (χ0) is 16.7. The fourth-order valence-electron chi connectivity index (χ4n) is 1.97. The van der Waals surface area contributed by atoms with Crippen LogP contribution in [0.5, 0.6) is 23.0 Å². The summed E-state index contributed by atoms with van der Waals surface area (Å²) in [5.41, 5.74) is 0.428. The van der Waals surface area contributed by atoms with Gasteiger partial charge in [0.2, 0.25) is 0 Å². The Bertz CT molecular complexity index is 632. The highest BCUT2D eigenvalue weighted by atomic mass is 16.5. The molecule has 0 saturated heterocycles. The number of amides is 1. The Balaban J connectivity index is 2.10. The Hall–Kier alpha value is -2.89. The van der Waals surface area contributed by atoms with Crippen molar-refractivity contribution in [2.24, 2.45) is 0 Å². The van der Waals surface area contributed by atoms with E-state index in [1.54, 1.807) is 31.4 Å². The molecule has 2 rings (SSSR count). The highest BCUT2D eigenvalue weighted by Crippen LogP contribution is 2.38. The molecule has 2 aromatic rings. The van der Waals surface area contributed by atoms with E-state index in [4.69, 9.17) is 18.9 Å². The standard InChI is InChI=1S/C17H19NO5/c1-20-13-9-14(21-2)17(15(10-13)22-3)18-16(19)11-23-12-7-5-4-6-8-12/h4-10H,11H2,1-3H3,(H,18,19). The lowest BCUT2D eigenvalue weighted by molar-refractivity contribution is -0.118. The summed E-state index contributed by atoms with van der Waals surface area (Å²) in [6.07, 6.45) is 0. The summed E-state index contributed by atoms with van der Waals surface area (Å²) < 4.78 is 21.1. The Labute approximate surface area is 134 Å².